The Balaban J connectivity index is 2.73. The maximum Gasteiger partial charge on any atom is 0.273 e. The molecule has 0 bridgehead atoms. The lowest BCUT2D eigenvalue weighted by Crippen LogP contribution is -2.52. The van der Waals surface area contributed by atoms with E-state index in [4.69, 9.17) is 4.74 Å². The van der Waals surface area contributed by atoms with Gasteiger partial charge in [-0.3, -0.25) is 10.1 Å². The van der Waals surface area contributed by atoms with Crippen LogP contribution in [0, 0.1) is 10.1 Å². The fraction of sp³-hybridized carbons (Fsp3) is 0.250. The summed E-state index contributed by atoms with van der Waals surface area (Å²) in [5.41, 5.74) is 3.64. The topological polar surface area (TPSA) is 80.0 Å². The predicted molar refractivity (Wildman–Crippen MR) is 46.3 cm³/mol. The number of nitro groups is 1. The first-order valence-corrected chi connectivity index (χ1v) is 3.90. The van der Waals surface area contributed by atoms with E-state index in [0.29, 0.717) is 18.9 Å². The zero-order valence-electron chi connectivity index (χ0n) is 7.10. The van der Waals surface area contributed by atoms with Crippen LogP contribution in [0.25, 0.3) is 0 Å². The van der Waals surface area contributed by atoms with Crippen molar-refractivity contribution in [2.45, 2.75) is 0 Å². The van der Waals surface area contributed by atoms with Crippen LogP contribution in [0.1, 0.15) is 0 Å². The van der Waals surface area contributed by atoms with Gasteiger partial charge in [-0.2, -0.15) is 0 Å². The van der Waals surface area contributed by atoms with Gasteiger partial charge >= 0.3 is 0 Å². The molecule has 0 saturated carbocycles. The summed E-state index contributed by atoms with van der Waals surface area (Å²) in [5.74, 6) is 0.512. The molecule has 0 aliphatic carbocycles. The number of hydrogen-bond donors (Lipinski definition) is 1. The summed E-state index contributed by atoms with van der Waals surface area (Å²) in [5, 5.41) is 10.4. The van der Waals surface area contributed by atoms with Crippen LogP contribution in [0.2, 0.25) is 0 Å². The normalized spacial score (nSPS) is 9.62. The van der Waals surface area contributed by atoms with Crippen molar-refractivity contribution in [1.29, 1.82) is 0 Å². The summed E-state index contributed by atoms with van der Waals surface area (Å²) in [6, 6.07) is 6.10. The van der Waals surface area contributed by atoms with E-state index >= 15 is 0 Å². The molecule has 0 aromatic heterocycles. The van der Waals surface area contributed by atoms with Gasteiger partial charge in [0.1, 0.15) is 18.9 Å². The maximum atomic E-state index is 10.4. The van der Waals surface area contributed by atoms with Crippen molar-refractivity contribution < 1.29 is 15.4 Å². The maximum absolute atomic E-state index is 10.4. The number of ether oxygens (including phenoxy) is 1. The molecule has 13 heavy (non-hydrogen) atoms. The number of benzene rings is 1. The monoisotopic (exact) mass is 183 g/mol. The minimum atomic E-state index is -0.447. The molecule has 1 aromatic carbocycles. The Labute approximate surface area is 75.3 Å². The molecule has 1 aromatic rings. The highest BCUT2D eigenvalue weighted by molar-refractivity contribution is 5.37. The molecule has 70 valence electrons. The van der Waals surface area contributed by atoms with E-state index < -0.39 is 4.92 Å². The Kier molecular flexibility index (Phi) is 3.22. The van der Waals surface area contributed by atoms with Gasteiger partial charge < -0.3 is 10.5 Å². The molecule has 0 saturated heterocycles. The van der Waals surface area contributed by atoms with Gasteiger partial charge in [-0.25, -0.2) is 0 Å². The number of rotatable bonds is 4. The van der Waals surface area contributed by atoms with E-state index in [9.17, 15) is 10.1 Å². The molecule has 0 heterocycles. The highest BCUT2D eigenvalue weighted by Gasteiger charge is 2.05. The van der Waals surface area contributed by atoms with Crippen molar-refractivity contribution in [3.8, 4) is 5.75 Å². The van der Waals surface area contributed by atoms with Crippen LogP contribution in [-0.4, -0.2) is 18.1 Å². The molecule has 0 radical (unpaired) electrons. The molecule has 5 heteroatoms. The smallest absolute Gasteiger partial charge is 0.273 e. The molecule has 0 amide bonds. The molecule has 0 aliphatic heterocycles. The summed E-state index contributed by atoms with van der Waals surface area (Å²) in [6.07, 6.45) is 0. The molecule has 0 aliphatic rings. The Morgan fingerprint density at radius 1 is 1.54 bits per heavy atom. The highest BCUT2D eigenvalue weighted by Crippen LogP contribution is 2.18. The summed E-state index contributed by atoms with van der Waals surface area (Å²) in [7, 11) is 0. The quantitative estimate of drug-likeness (QED) is 0.535. The van der Waals surface area contributed by atoms with E-state index in [1.54, 1.807) is 12.1 Å². The standard InChI is InChI=1S/C8H10N2O3/c9-4-5-13-8-3-1-2-7(6-8)10(11)12/h1-3,6H,4-5,9H2/p+1. The molecule has 0 unspecified atom stereocenters. The van der Waals surface area contributed by atoms with Gasteiger partial charge in [0.05, 0.1) is 11.0 Å². The Morgan fingerprint density at radius 3 is 2.92 bits per heavy atom. The number of quaternary nitrogens is 1. The molecular formula is C8H11N2O3+. The Hall–Kier alpha value is -1.62. The summed E-state index contributed by atoms with van der Waals surface area (Å²) in [4.78, 5) is 9.92. The van der Waals surface area contributed by atoms with E-state index in [1.807, 2.05) is 0 Å². The zero-order valence-corrected chi connectivity index (χ0v) is 7.10. The van der Waals surface area contributed by atoms with E-state index in [0.717, 1.165) is 0 Å². The van der Waals surface area contributed by atoms with Crippen molar-refractivity contribution in [3.63, 3.8) is 0 Å². The van der Waals surface area contributed by atoms with Crippen molar-refractivity contribution >= 4 is 5.69 Å². The van der Waals surface area contributed by atoms with E-state index in [1.165, 1.54) is 12.1 Å². The highest BCUT2D eigenvalue weighted by atomic mass is 16.6. The summed E-state index contributed by atoms with van der Waals surface area (Å²) >= 11 is 0. The van der Waals surface area contributed by atoms with Crippen molar-refractivity contribution in [2.75, 3.05) is 13.2 Å². The molecule has 3 N–H and O–H groups in total. The van der Waals surface area contributed by atoms with Crippen molar-refractivity contribution in [1.82, 2.24) is 0 Å². The van der Waals surface area contributed by atoms with Crippen LogP contribution in [0.5, 0.6) is 5.75 Å². The molecule has 0 atom stereocenters. The average molecular weight is 183 g/mol. The van der Waals surface area contributed by atoms with Crippen LogP contribution >= 0.6 is 0 Å². The number of nitrogens with zero attached hydrogens (tertiary/aromatic N) is 1. The molecule has 5 nitrogen and oxygen atoms in total. The van der Waals surface area contributed by atoms with Crippen LogP contribution in [-0.2, 0) is 0 Å². The van der Waals surface area contributed by atoms with Gasteiger partial charge in [-0.15, -0.1) is 0 Å². The van der Waals surface area contributed by atoms with E-state index in [2.05, 4.69) is 5.73 Å². The third-order valence-electron chi connectivity index (χ3n) is 1.44. The SMILES string of the molecule is [NH3+]CCOc1cccc([N+](=O)[O-])c1. The van der Waals surface area contributed by atoms with E-state index in [-0.39, 0.29) is 5.69 Å². The zero-order chi connectivity index (χ0) is 9.68. The summed E-state index contributed by atoms with van der Waals surface area (Å²) < 4.78 is 5.18. The van der Waals surface area contributed by atoms with Crippen LogP contribution < -0.4 is 10.5 Å². The van der Waals surface area contributed by atoms with Gasteiger partial charge in [0, 0.05) is 6.07 Å². The molecule has 0 fully saturated rings. The number of non-ortho nitro benzene ring substituents is 1. The second kappa shape index (κ2) is 4.42. The van der Waals surface area contributed by atoms with Gasteiger partial charge in [-0.1, -0.05) is 6.07 Å². The van der Waals surface area contributed by atoms with Crippen LogP contribution in [0.4, 0.5) is 5.69 Å². The lowest BCUT2D eigenvalue weighted by Gasteiger charge is -2.01. The predicted octanol–water partition coefficient (Wildman–Crippen LogP) is 0.216. The van der Waals surface area contributed by atoms with Gasteiger partial charge in [0.2, 0.25) is 0 Å². The first-order valence-electron chi connectivity index (χ1n) is 3.90. The average Bonchev–Trinajstić information content (AvgIpc) is 2.15. The lowest BCUT2D eigenvalue weighted by molar-refractivity contribution is -0.385. The Morgan fingerprint density at radius 2 is 2.31 bits per heavy atom. The first kappa shape index (κ1) is 9.47. The minimum Gasteiger partial charge on any atom is -0.487 e. The number of nitro benzene ring substituents is 1. The minimum absolute atomic E-state index is 0.0431. The summed E-state index contributed by atoms with van der Waals surface area (Å²) in [6.45, 7) is 1.11. The molecule has 1 rings (SSSR count). The van der Waals surface area contributed by atoms with Crippen molar-refractivity contribution in [3.05, 3.63) is 34.4 Å². The van der Waals surface area contributed by atoms with Crippen LogP contribution in [0.15, 0.2) is 24.3 Å². The third-order valence-corrected chi connectivity index (χ3v) is 1.44. The fourth-order valence-electron chi connectivity index (χ4n) is 0.877. The second-order valence-corrected chi connectivity index (χ2v) is 2.46. The lowest BCUT2D eigenvalue weighted by atomic mass is 10.3. The van der Waals surface area contributed by atoms with Gasteiger partial charge in [-0.05, 0) is 6.07 Å². The second-order valence-electron chi connectivity index (χ2n) is 2.46. The third kappa shape index (κ3) is 2.72. The number of hydrogen-bond acceptors (Lipinski definition) is 3. The molecule has 0 spiro atoms. The van der Waals surface area contributed by atoms with Gasteiger partial charge in [0.25, 0.3) is 5.69 Å². The first-order chi connectivity index (χ1) is 6.24. The van der Waals surface area contributed by atoms with Gasteiger partial charge in [0.15, 0.2) is 0 Å². The Bertz CT molecular complexity index is 301. The fourth-order valence-corrected chi connectivity index (χ4v) is 0.877. The van der Waals surface area contributed by atoms with Crippen LogP contribution in [0.3, 0.4) is 0 Å². The van der Waals surface area contributed by atoms with Crippen molar-refractivity contribution in [2.24, 2.45) is 0 Å². The largest absolute Gasteiger partial charge is 0.487 e. The molecular weight excluding hydrogens is 172 g/mol.